The molecule has 0 saturated carbocycles. The maximum absolute atomic E-state index is 13.1. The zero-order valence-electron chi connectivity index (χ0n) is 22.5. The van der Waals surface area contributed by atoms with E-state index in [1.807, 2.05) is 31.2 Å². The van der Waals surface area contributed by atoms with Crippen LogP contribution in [0.5, 0.6) is 0 Å². The highest BCUT2D eigenvalue weighted by Crippen LogP contribution is 2.44. The van der Waals surface area contributed by atoms with Crippen molar-refractivity contribution in [3.8, 4) is 0 Å². The third-order valence-corrected chi connectivity index (χ3v) is 8.57. The summed E-state index contributed by atoms with van der Waals surface area (Å²) in [4.78, 5) is 35.8. The van der Waals surface area contributed by atoms with E-state index in [2.05, 4.69) is 6.92 Å². The van der Waals surface area contributed by atoms with Gasteiger partial charge in [0.25, 0.3) is 0 Å². The van der Waals surface area contributed by atoms with Gasteiger partial charge >= 0.3 is 17.9 Å². The fourth-order valence-corrected chi connectivity index (χ4v) is 5.93. The summed E-state index contributed by atoms with van der Waals surface area (Å²) in [6.07, 6.45) is 1.40. The van der Waals surface area contributed by atoms with Crippen LogP contribution in [0.2, 0.25) is 5.02 Å². The van der Waals surface area contributed by atoms with E-state index in [1.54, 1.807) is 28.5 Å². The van der Waals surface area contributed by atoms with E-state index < -0.39 is 0 Å². The molecule has 1 aliphatic carbocycles. The highest BCUT2D eigenvalue weighted by molar-refractivity contribution is 8.76. The molecule has 0 fully saturated rings. The number of benzene rings is 1. The first-order valence-electron chi connectivity index (χ1n) is 12.7. The molecule has 1 atom stereocenters. The molecule has 0 radical (unpaired) electrons. The van der Waals surface area contributed by atoms with E-state index in [0.29, 0.717) is 54.8 Å². The van der Waals surface area contributed by atoms with Gasteiger partial charge in [0.15, 0.2) is 0 Å². The predicted molar refractivity (Wildman–Crippen MR) is 153 cm³/mol. The van der Waals surface area contributed by atoms with E-state index >= 15 is 0 Å². The summed E-state index contributed by atoms with van der Waals surface area (Å²) in [5, 5.41) is 0.603. The van der Waals surface area contributed by atoms with E-state index in [-0.39, 0.29) is 43.5 Å². The summed E-state index contributed by atoms with van der Waals surface area (Å²) in [5.41, 5.74) is 4.60. The van der Waals surface area contributed by atoms with Gasteiger partial charge in [0.05, 0.1) is 18.8 Å². The van der Waals surface area contributed by atoms with Crippen molar-refractivity contribution in [2.45, 2.75) is 52.9 Å². The van der Waals surface area contributed by atoms with Crippen molar-refractivity contribution in [2.75, 3.05) is 44.5 Å². The lowest BCUT2D eigenvalue weighted by Crippen LogP contribution is -2.24. The number of carbonyl (C=O) groups excluding carboxylic acids is 3. The van der Waals surface area contributed by atoms with Crippen LogP contribution in [-0.2, 0) is 33.3 Å². The summed E-state index contributed by atoms with van der Waals surface area (Å²) < 4.78 is 21.4. The molecule has 0 spiro atoms. The van der Waals surface area contributed by atoms with Crippen LogP contribution in [-0.4, -0.2) is 62.4 Å². The normalized spacial score (nSPS) is 15.4. The van der Waals surface area contributed by atoms with Crippen molar-refractivity contribution in [3.63, 3.8) is 0 Å². The van der Waals surface area contributed by atoms with Crippen LogP contribution in [0.25, 0.3) is 0 Å². The molecule has 2 rings (SSSR count). The number of esters is 3. The summed E-state index contributed by atoms with van der Waals surface area (Å²) in [7, 11) is 3.14. The molecule has 7 nitrogen and oxygen atoms in total. The van der Waals surface area contributed by atoms with E-state index in [1.165, 1.54) is 12.5 Å². The molecule has 0 saturated heterocycles. The fourth-order valence-electron chi connectivity index (χ4n) is 4.03. The van der Waals surface area contributed by atoms with Gasteiger partial charge in [-0.2, -0.15) is 0 Å². The Morgan fingerprint density at radius 1 is 1.00 bits per heavy atom. The second kappa shape index (κ2) is 17.6. The Kier molecular flexibility index (Phi) is 15.0. The Hall–Kier alpha value is -1.94. The van der Waals surface area contributed by atoms with Gasteiger partial charge in [0, 0.05) is 42.4 Å². The number of hydrogen-bond donors (Lipinski definition) is 0. The SMILES string of the molecule is CCOC(=O)C1=C(COCCCC(=O)OCCSSCCOC(C)=O)CC(C)=C(C)C1c1ccccc1Cl. The average molecular weight is 585 g/mol. The van der Waals surface area contributed by atoms with E-state index in [4.69, 9.17) is 30.5 Å². The Morgan fingerprint density at radius 3 is 2.34 bits per heavy atom. The fraction of sp³-hybridized carbons (Fsp3) is 0.536. The van der Waals surface area contributed by atoms with Crippen LogP contribution >= 0.6 is 33.2 Å². The molecule has 0 aliphatic heterocycles. The number of carbonyl (C=O) groups is 3. The number of hydrogen-bond acceptors (Lipinski definition) is 9. The maximum Gasteiger partial charge on any atom is 0.335 e. The minimum absolute atomic E-state index is 0.258. The van der Waals surface area contributed by atoms with Crippen LogP contribution in [0.4, 0.5) is 0 Å². The molecule has 0 aromatic heterocycles. The van der Waals surface area contributed by atoms with Crippen molar-refractivity contribution < 1.29 is 33.3 Å². The van der Waals surface area contributed by atoms with Crippen molar-refractivity contribution in [1.29, 1.82) is 0 Å². The molecule has 210 valence electrons. The lowest BCUT2D eigenvalue weighted by Gasteiger charge is -2.31. The zero-order valence-corrected chi connectivity index (χ0v) is 24.9. The van der Waals surface area contributed by atoms with Gasteiger partial charge in [-0.05, 0) is 50.8 Å². The van der Waals surface area contributed by atoms with Crippen molar-refractivity contribution >= 4 is 51.1 Å². The Morgan fingerprint density at radius 2 is 1.68 bits per heavy atom. The lowest BCUT2D eigenvalue weighted by molar-refractivity contribution is -0.143. The standard InChI is InChI=1S/C28H37ClO7S2/c1-5-34-28(32)27-22(17-19(2)20(3)26(27)23-9-6-7-10-24(23)29)18-33-12-8-11-25(31)36-14-16-38-37-15-13-35-21(4)30/h6-7,9-10,26H,5,8,11-18H2,1-4H3. The lowest BCUT2D eigenvalue weighted by atomic mass is 9.75. The van der Waals surface area contributed by atoms with Crippen LogP contribution in [0.15, 0.2) is 46.6 Å². The quantitative estimate of drug-likeness (QED) is 0.0729. The number of ether oxygens (including phenoxy) is 4. The van der Waals surface area contributed by atoms with Crippen LogP contribution < -0.4 is 0 Å². The molecule has 1 aliphatic rings. The van der Waals surface area contributed by atoms with Gasteiger partial charge in [-0.3, -0.25) is 9.59 Å². The minimum atomic E-state index is -0.353. The third kappa shape index (κ3) is 10.7. The van der Waals surface area contributed by atoms with Crippen LogP contribution in [0.1, 0.15) is 58.4 Å². The molecular formula is C28H37ClO7S2. The van der Waals surface area contributed by atoms with Gasteiger partial charge in [-0.25, -0.2) is 4.79 Å². The molecule has 0 amide bonds. The van der Waals surface area contributed by atoms with Crippen LogP contribution in [0, 0.1) is 0 Å². The van der Waals surface area contributed by atoms with Crippen molar-refractivity contribution in [3.05, 3.63) is 57.1 Å². The minimum Gasteiger partial charge on any atom is -0.465 e. The van der Waals surface area contributed by atoms with Crippen molar-refractivity contribution in [1.82, 2.24) is 0 Å². The first-order valence-corrected chi connectivity index (χ1v) is 15.5. The second-order valence-electron chi connectivity index (χ2n) is 8.69. The zero-order chi connectivity index (χ0) is 27.9. The number of halogens is 1. The number of rotatable bonds is 16. The summed E-state index contributed by atoms with van der Waals surface area (Å²) in [6, 6.07) is 7.56. The topological polar surface area (TPSA) is 88.1 Å². The van der Waals surface area contributed by atoms with Gasteiger partial charge in [-0.15, -0.1) is 0 Å². The molecule has 38 heavy (non-hydrogen) atoms. The monoisotopic (exact) mass is 584 g/mol. The summed E-state index contributed by atoms with van der Waals surface area (Å²) in [6.45, 7) is 8.90. The van der Waals surface area contributed by atoms with E-state index in [0.717, 1.165) is 16.7 Å². The first kappa shape index (κ1) is 32.3. The van der Waals surface area contributed by atoms with Gasteiger partial charge in [-0.1, -0.05) is 62.5 Å². The molecule has 0 N–H and O–H groups in total. The highest BCUT2D eigenvalue weighted by Gasteiger charge is 2.34. The molecule has 0 bridgehead atoms. The Labute approximate surface area is 238 Å². The molecule has 1 aromatic rings. The van der Waals surface area contributed by atoms with Gasteiger partial charge < -0.3 is 18.9 Å². The molecule has 10 heteroatoms. The predicted octanol–water partition coefficient (Wildman–Crippen LogP) is 6.31. The van der Waals surface area contributed by atoms with Gasteiger partial charge in [0.2, 0.25) is 0 Å². The maximum atomic E-state index is 13.1. The second-order valence-corrected chi connectivity index (χ2v) is 11.8. The smallest absolute Gasteiger partial charge is 0.335 e. The average Bonchev–Trinajstić information content (AvgIpc) is 2.87. The first-order chi connectivity index (χ1) is 18.3. The van der Waals surface area contributed by atoms with Gasteiger partial charge in [0.1, 0.15) is 13.2 Å². The number of allylic oxidation sites excluding steroid dienone is 2. The third-order valence-electron chi connectivity index (χ3n) is 5.90. The Bertz CT molecular complexity index is 1020. The summed E-state index contributed by atoms with van der Waals surface area (Å²) >= 11 is 6.53. The highest BCUT2D eigenvalue weighted by atomic mass is 35.5. The molecule has 1 aromatic carbocycles. The van der Waals surface area contributed by atoms with E-state index in [9.17, 15) is 14.4 Å². The molecule has 1 unspecified atom stereocenters. The Balaban J connectivity index is 1.85. The molecule has 0 heterocycles. The largest absolute Gasteiger partial charge is 0.465 e. The van der Waals surface area contributed by atoms with Crippen molar-refractivity contribution in [2.24, 2.45) is 0 Å². The van der Waals surface area contributed by atoms with Crippen LogP contribution in [0.3, 0.4) is 0 Å². The summed E-state index contributed by atoms with van der Waals surface area (Å²) in [5.74, 6) is 0.161. The molecular weight excluding hydrogens is 548 g/mol.